The smallest absolute Gasteiger partial charge is 0.203 e. The molecule has 74 valence electrons. The Bertz CT molecular complexity index is 307. The van der Waals surface area contributed by atoms with Gasteiger partial charge in [0.2, 0.25) is 6.29 Å². The van der Waals surface area contributed by atoms with Crippen LogP contribution in [0.4, 0.5) is 0 Å². The third kappa shape index (κ3) is 1.28. The van der Waals surface area contributed by atoms with E-state index in [4.69, 9.17) is 9.47 Å². The number of aromatic nitrogens is 1. The van der Waals surface area contributed by atoms with Crippen LogP contribution in [-0.2, 0) is 11.2 Å². The maximum absolute atomic E-state index is 5.75. The van der Waals surface area contributed by atoms with Gasteiger partial charge in [0, 0.05) is 18.5 Å². The largest absolute Gasteiger partial charge is 0.463 e. The first-order chi connectivity index (χ1) is 6.93. The van der Waals surface area contributed by atoms with Gasteiger partial charge in [-0.1, -0.05) is 0 Å². The second-order valence-corrected chi connectivity index (χ2v) is 3.91. The summed E-state index contributed by atoms with van der Waals surface area (Å²) < 4.78 is 11.3. The SMILES string of the molecule is c1cnc2c(c1)O[C@@H]1OCCC[C@H]1C2. The number of ether oxygens (including phenoxy) is 2. The molecule has 2 atom stereocenters. The Balaban J connectivity index is 1.91. The molecule has 2 aliphatic heterocycles. The Kier molecular flexibility index (Phi) is 1.91. The number of pyridine rings is 1. The van der Waals surface area contributed by atoms with Crippen LogP contribution in [-0.4, -0.2) is 17.9 Å². The third-order valence-electron chi connectivity index (χ3n) is 2.93. The summed E-state index contributed by atoms with van der Waals surface area (Å²) in [6.07, 6.45) is 5.14. The summed E-state index contributed by atoms with van der Waals surface area (Å²) >= 11 is 0. The fourth-order valence-corrected chi connectivity index (χ4v) is 2.20. The zero-order valence-electron chi connectivity index (χ0n) is 7.98. The van der Waals surface area contributed by atoms with Crippen molar-refractivity contribution in [1.29, 1.82) is 0 Å². The quantitative estimate of drug-likeness (QED) is 0.626. The molecule has 0 aliphatic carbocycles. The van der Waals surface area contributed by atoms with Crippen molar-refractivity contribution in [3.8, 4) is 5.75 Å². The molecule has 1 aromatic heterocycles. The van der Waals surface area contributed by atoms with Crippen molar-refractivity contribution in [3.05, 3.63) is 24.0 Å². The molecule has 3 nitrogen and oxygen atoms in total. The van der Waals surface area contributed by atoms with Crippen molar-refractivity contribution < 1.29 is 9.47 Å². The minimum Gasteiger partial charge on any atom is -0.463 e. The number of nitrogens with zero attached hydrogens (tertiary/aromatic N) is 1. The summed E-state index contributed by atoms with van der Waals surface area (Å²) in [7, 11) is 0. The summed E-state index contributed by atoms with van der Waals surface area (Å²) in [6, 6.07) is 3.87. The first-order valence-corrected chi connectivity index (χ1v) is 5.15. The molecule has 0 saturated carbocycles. The van der Waals surface area contributed by atoms with E-state index in [9.17, 15) is 0 Å². The average molecular weight is 191 g/mol. The monoisotopic (exact) mass is 191 g/mol. The second kappa shape index (κ2) is 3.24. The minimum atomic E-state index is -0.0274. The zero-order valence-corrected chi connectivity index (χ0v) is 7.98. The van der Waals surface area contributed by atoms with Gasteiger partial charge in [0.15, 0.2) is 0 Å². The van der Waals surface area contributed by atoms with E-state index in [0.717, 1.165) is 30.9 Å². The molecule has 0 N–H and O–H groups in total. The summed E-state index contributed by atoms with van der Waals surface area (Å²) in [5.41, 5.74) is 1.08. The molecule has 0 spiro atoms. The Morgan fingerprint density at radius 3 is 3.43 bits per heavy atom. The number of hydrogen-bond donors (Lipinski definition) is 0. The number of hydrogen-bond acceptors (Lipinski definition) is 3. The van der Waals surface area contributed by atoms with E-state index in [1.807, 2.05) is 18.3 Å². The normalized spacial score (nSPS) is 30.0. The van der Waals surface area contributed by atoms with Crippen LogP contribution >= 0.6 is 0 Å². The Hall–Kier alpha value is -1.09. The summed E-state index contributed by atoms with van der Waals surface area (Å²) in [5.74, 6) is 1.40. The fraction of sp³-hybridized carbons (Fsp3) is 0.545. The summed E-state index contributed by atoms with van der Waals surface area (Å²) in [4.78, 5) is 4.33. The predicted molar refractivity (Wildman–Crippen MR) is 51.0 cm³/mol. The van der Waals surface area contributed by atoms with Gasteiger partial charge in [-0.15, -0.1) is 0 Å². The molecule has 1 fully saturated rings. The van der Waals surface area contributed by atoms with Crippen molar-refractivity contribution >= 4 is 0 Å². The van der Waals surface area contributed by atoms with Crippen LogP contribution in [0.5, 0.6) is 5.75 Å². The Morgan fingerprint density at radius 1 is 1.43 bits per heavy atom. The lowest BCUT2D eigenvalue weighted by Crippen LogP contribution is -2.39. The van der Waals surface area contributed by atoms with Crippen molar-refractivity contribution in [3.63, 3.8) is 0 Å². The summed E-state index contributed by atoms with van der Waals surface area (Å²) in [6.45, 7) is 0.830. The van der Waals surface area contributed by atoms with Crippen LogP contribution in [0.25, 0.3) is 0 Å². The third-order valence-corrected chi connectivity index (χ3v) is 2.93. The van der Waals surface area contributed by atoms with Gasteiger partial charge in [0.05, 0.1) is 12.3 Å². The minimum absolute atomic E-state index is 0.0274. The second-order valence-electron chi connectivity index (χ2n) is 3.91. The van der Waals surface area contributed by atoms with Gasteiger partial charge >= 0.3 is 0 Å². The lowest BCUT2D eigenvalue weighted by Gasteiger charge is -2.35. The molecular formula is C11H13NO2. The number of rotatable bonds is 0. The van der Waals surface area contributed by atoms with E-state index in [2.05, 4.69) is 4.98 Å². The van der Waals surface area contributed by atoms with E-state index in [0.29, 0.717) is 5.92 Å². The van der Waals surface area contributed by atoms with Crippen LogP contribution in [0.2, 0.25) is 0 Å². The number of fused-ring (bicyclic) bond motifs is 2. The fourth-order valence-electron chi connectivity index (χ4n) is 2.20. The van der Waals surface area contributed by atoms with Crippen molar-refractivity contribution in [2.75, 3.05) is 6.61 Å². The van der Waals surface area contributed by atoms with E-state index in [1.165, 1.54) is 6.42 Å². The molecule has 1 saturated heterocycles. The van der Waals surface area contributed by atoms with E-state index in [-0.39, 0.29) is 6.29 Å². The highest BCUT2D eigenvalue weighted by atomic mass is 16.7. The van der Waals surface area contributed by atoms with Crippen LogP contribution in [0.15, 0.2) is 18.3 Å². The van der Waals surface area contributed by atoms with Gasteiger partial charge in [0.1, 0.15) is 5.75 Å². The van der Waals surface area contributed by atoms with E-state index < -0.39 is 0 Å². The molecule has 3 heterocycles. The molecule has 0 bridgehead atoms. The molecule has 0 aromatic carbocycles. The van der Waals surface area contributed by atoms with Gasteiger partial charge in [-0.25, -0.2) is 0 Å². The van der Waals surface area contributed by atoms with Crippen molar-refractivity contribution in [2.24, 2.45) is 5.92 Å². The molecule has 0 unspecified atom stereocenters. The van der Waals surface area contributed by atoms with Gasteiger partial charge in [0.25, 0.3) is 0 Å². The standard InChI is InChI=1S/C11H13NO2/c1-4-10-9(12-5-1)7-8-3-2-6-13-11(8)14-10/h1,4-5,8,11H,2-3,6-7H2/t8-,11-/m0/s1. The van der Waals surface area contributed by atoms with Gasteiger partial charge in [-0.05, 0) is 25.0 Å². The lowest BCUT2D eigenvalue weighted by atomic mass is 9.92. The van der Waals surface area contributed by atoms with E-state index in [1.54, 1.807) is 0 Å². The van der Waals surface area contributed by atoms with Gasteiger partial charge in [-0.2, -0.15) is 0 Å². The molecule has 0 amide bonds. The highest BCUT2D eigenvalue weighted by molar-refractivity contribution is 5.29. The molecule has 14 heavy (non-hydrogen) atoms. The average Bonchev–Trinajstić information content (AvgIpc) is 2.26. The molecule has 2 aliphatic rings. The maximum Gasteiger partial charge on any atom is 0.203 e. The van der Waals surface area contributed by atoms with Gasteiger partial charge in [-0.3, -0.25) is 4.98 Å². The zero-order chi connectivity index (χ0) is 9.38. The van der Waals surface area contributed by atoms with Crippen LogP contribution < -0.4 is 4.74 Å². The van der Waals surface area contributed by atoms with Crippen molar-refractivity contribution in [1.82, 2.24) is 4.98 Å². The van der Waals surface area contributed by atoms with E-state index >= 15 is 0 Å². The Labute approximate surface area is 83.1 Å². The topological polar surface area (TPSA) is 31.4 Å². The maximum atomic E-state index is 5.75. The van der Waals surface area contributed by atoms with Gasteiger partial charge < -0.3 is 9.47 Å². The molecule has 3 heteroatoms. The molecule has 0 radical (unpaired) electrons. The predicted octanol–water partition coefficient (Wildman–Crippen LogP) is 1.77. The van der Waals surface area contributed by atoms with Crippen LogP contribution in [0, 0.1) is 5.92 Å². The first-order valence-electron chi connectivity index (χ1n) is 5.15. The van der Waals surface area contributed by atoms with Crippen molar-refractivity contribution in [2.45, 2.75) is 25.6 Å². The highest BCUT2D eigenvalue weighted by Gasteiger charge is 2.33. The first kappa shape index (κ1) is 8.24. The lowest BCUT2D eigenvalue weighted by molar-refractivity contribution is -0.149. The summed E-state index contributed by atoms with van der Waals surface area (Å²) in [5, 5.41) is 0. The highest BCUT2D eigenvalue weighted by Crippen LogP contribution is 2.34. The molecule has 3 rings (SSSR count). The van der Waals surface area contributed by atoms with Crippen LogP contribution in [0.1, 0.15) is 18.5 Å². The molecular weight excluding hydrogens is 178 g/mol. The molecule has 1 aromatic rings. The Morgan fingerprint density at radius 2 is 2.43 bits per heavy atom. The van der Waals surface area contributed by atoms with Crippen LogP contribution in [0.3, 0.4) is 0 Å².